The zero-order valence-electron chi connectivity index (χ0n) is 23.2. The minimum Gasteiger partial charge on any atom is -0.358 e. The Morgan fingerprint density at radius 2 is 1.86 bits per heavy atom. The first-order chi connectivity index (χ1) is 17.7. The number of nitrogens with zero attached hydrogens (tertiary/aromatic N) is 6. The van der Waals surface area contributed by atoms with Crippen molar-refractivity contribution in [2.24, 2.45) is 10.8 Å². The van der Waals surface area contributed by atoms with Gasteiger partial charge >= 0.3 is 0 Å². The number of aromatic amines is 1. The summed E-state index contributed by atoms with van der Waals surface area (Å²) in [6.07, 6.45) is 9.41. The predicted octanol–water partition coefficient (Wildman–Crippen LogP) is 5.27. The summed E-state index contributed by atoms with van der Waals surface area (Å²) >= 11 is 0. The summed E-state index contributed by atoms with van der Waals surface area (Å²) < 4.78 is 14.4. The molecule has 0 aliphatic carbocycles. The molecule has 0 radical (unpaired) electrons. The van der Waals surface area contributed by atoms with Crippen LogP contribution in [-0.4, -0.2) is 69.2 Å². The Balaban J connectivity index is 1.08. The Hall–Kier alpha value is -2.64. The number of anilines is 1. The highest BCUT2D eigenvalue weighted by atomic mass is 19.1. The number of rotatable bonds is 10. The fraction of sp³-hybridized carbons (Fsp3) is 0.690. The van der Waals surface area contributed by atoms with Gasteiger partial charge in [-0.3, -0.25) is 5.10 Å². The number of nitrogens with one attached hydrogen (secondary N) is 1. The van der Waals surface area contributed by atoms with Crippen molar-refractivity contribution in [2.45, 2.75) is 78.6 Å². The lowest BCUT2D eigenvalue weighted by molar-refractivity contribution is -0.0543. The fourth-order valence-corrected chi connectivity index (χ4v) is 6.56. The van der Waals surface area contributed by atoms with Crippen LogP contribution in [0.4, 0.5) is 10.2 Å². The van der Waals surface area contributed by atoms with Crippen LogP contribution >= 0.6 is 0 Å². The van der Waals surface area contributed by atoms with E-state index in [4.69, 9.17) is 4.98 Å². The maximum Gasteiger partial charge on any atom is 0.165 e. The van der Waals surface area contributed by atoms with Crippen LogP contribution in [0.2, 0.25) is 0 Å². The molecule has 1 N–H and O–H groups in total. The number of aromatic nitrogens is 4. The maximum atomic E-state index is 14.4. The van der Waals surface area contributed by atoms with Gasteiger partial charge in [0.25, 0.3) is 0 Å². The fourth-order valence-electron chi connectivity index (χ4n) is 6.56. The van der Waals surface area contributed by atoms with Crippen LogP contribution in [0.1, 0.15) is 82.4 Å². The maximum absolute atomic E-state index is 14.4. The number of unbranched alkanes of at least 4 members (excludes halogenated alkanes) is 1. The number of piperidine rings is 1. The van der Waals surface area contributed by atoms with E-state index in [1.807, 2.05) is 6.92 Å². The van der Waals surface area contributed by atoms with E-state index in [1.165, 1.54) is 12.2 Å². The Morgan fingerprint density at radius 3 is 2.51 bits per heavy atom. The molecule has 3 aliphatic heterocycles. The molecule has 3 aliphatic rings. The third kappa shape index (κ3) is 5.34. The van der Waals surface area contributed by atoms with E-state index >= 15 is 0 Å². The Labute approximate surface area is 221 Å². The predicted molar refractivity (Wildman–Crippen MR) is 146 cm³/mol. The highest BCUT2D eigenvalue weighted by Gasteiger charge is 2.49. The van der Waals surface area contributed by atoms with Gasteiger partial charge in [-0.1, -0.05) is 33.8 Å². The standard InChI is InChI=1S/C29H44FN7/c1-6-8-9-25-32-26(34-33-25)23(7-2)15-28(5)17-36(18-28)22(4)37-19-29(20-37)10-12-35(13-11-29)27-24(30)14-21(3)16-31-27/h14,16,23H,4,6-13,15,17-20H2,1-3,5H3,(H,32,33,34). The molecule has 5 heterocycles. The third-order valence-corrected chi connectivity index (χ3v) is 8.92. The van der Waals surface area contributed by atoms with E-state index in [0.29, 0.717) is 17.2 Å². The van der Waals surface area contributed by atoms with Gasteiger partial charge in [-0.25, -0.2) is 14.4 Å². The van der Waals surface area contributed by atoms with Crippen molar-refractivity contribution in [1.29, 1.82) is 0 Å². The molecule has 1 unspecified atom stereocenters. The zero-order chi connectivity index (χ0) is 26.2. The molecule has 0 amide bonds. The summed E-state index contributed by atoms with van der Waals surface area (Å²) in [7, 11) is 0. The molecule has 202 valence electrons. The third-order valence-electron chi connectivity index (χ3n) is 8.92. The van der Waals surface area contributed by atoms with Gasteiger partial charge in [0.15, 0.2) is 17.5 Å². The summed E-state index contributed by atoms with van der Waals surface area (Å²) in [6.45, 7) is 19.2. The van der Waals surface area contributed by atoms with Crippen LogP contribution in [-0.2, 0) is 6.42 Å². The van der Waals surface area contributed by atoms with E-state index in [-0.39, 0.29) is 11.2 Å². The lowest BCUT2D eigenvalue weighted by Gasteiger charge is -2.60. The van der Waals surface area contributed by atoms with Crippen molar-refractivity contribution in [3.8, 4) is 0 Å². The van der Waals surface area contributed by atoms with Crippen LogP contribution in [0.3, 0.4) is 0 Å². The van der Waals surface area contributed by atoms with Crippen molar-refractivity contribution in [3.05, 3.63) is 47.7 Å². The molecule has 2 aromatic rings. The zero-order valence-corrected chi connectivity index (χ0v) is 23.2. The molecule has 3 saturated heterocycles. The first-order valence-electron chi connectivity index (χ1n) is 14.2. The van der Waals surface area contributed by atoms with Gasteiger partial charge in [-0.2, -0.15) is 5.10 Å². The molecule has 8 heteroatoms. The molecule has 5 rings (SSSR count). The number of halogens is 1. The lowest BCUT2D eigenvalue weighted by atomic mass is 9.71. The summed E-state index contributed by atoms with van der Waals surface area (Å²) in [6, 6.07) is 1.58. The molecule has 7 nitrogen and oxygen atoms in total. The largest absolute Gasteiger partial charge is 0.358 e. The average Bonchev–Trinajstić information content (AvgIpc) is 3.31. The number of pyridine rings is 1. The second-order valence-electron chi connectivity index (χ2n) is 12.3. The van der Waals surface area contributed by atoms with Gasteiger partial charge < -0.3 is 14.7 Å². The molecular weight excluding hydrogens is 465 g/mol. The Bertz CT molecular complexity index is 1090. The number of hydrogen-bond donors (Lipinski definition) is 1. The summed E-state index contributed by atoms with van der Waals surface area (Å²) in [5, 5.41) is 7.73. The molecule has 1 spiro atoms. The number of aryl methyl sites for hydroxylation is 2. The summed E-state index contributed by atoms with van der Waals surface area (Å²) in [5.74, 6) is 3.90. The van der Waals surface area contributed by atoms with Crippen LogP contribution in [0.25, 0.3) is 0 Å². The second-order valence-corrected chi connectivity index (χ2v) is 12.3. The van der Waals surface area contributed by atoms with Crippen molar-refractivity contribution in [3.63, 3.8) is 0 Å². The van der Waals surface area contributed by atoms with Gasteiger partial charge in [-0.05, 0) is 50.7 Å². The first-order valence-corrected chi connectivity index (χ1v) is 14.2. The monoisotopic (exact) mass is 509 g/mol. The summed E-state index contributed by atoms with van der Waals surface area (Å²) in [4.78, 5) is 16.2. The van der Waals surface area contributed by atoms with Crippen molar-refractivity contribution in [2.75, 3.05) is 44.2 Å². The van der Waals surface area contributed by atoms with Crippen LogP contribution < -0.4 is 4.90 Å². The SMILES string of the molecule is C=C(N1CC(C)(CC(CC)c2n[nH]c(CCCC)n2)C1)N1CC2(CCN(c3ncc(C)cc3F)CC2)C1. The van der Waals surface area contributed by atoms with E-state index in [0.717, 1.165) is 95.0 Å². The summed E-state index contributed by atoms with van der Waals surface area (Å²) in [5.41, 5.74) is 1.47. The lowest BCUT2D eigenvalue weighted by Crippen LogP contribution is -2.64. The van der Waals surface area contributed by atoms with E-state index in [9.17, 15) is 4.39 Å². The molecule has 0 bridgehead atoms. The van der Waals surface area contributed by atoms with Gasteiger partial charge in [0.05, 0.1) is 5.82 Å². The van der Waals surface area contributed by atoms with E-state index in [2.05, 4.69) is 57.2 Å². The second kappa shape index (κ2) is 10.3. The van der Waals surface area contributed by atoms with Crippen molar-refractivity contribution in [1.82, 2.24) is 30.0 Å². The van der Waals surface area contributed by atoms with Gasteiger partial charge in [-0.15, -0.1) is 0 Å². The number of H-pyrrole nitrogens is 1. The highest BCUT2D eigenvalue weighted by molar-refractivity contribution is 5.42. The van der Waals surface area contributed by atoms with Gasteiger partial charge in [0.2, 0.25) is 0 Å². The van der Waals surface area contributed by atoms with Crippen molar-refractivity contribution >= 4 is 5.82 Å². The minimum absolute atomic E-state index is 0.203. The van der Waals surface area contributed by atoms with Crippen molar-refractivity contribution < 1.29 is 4.39 Å². The highest BCUT2D eigenvalue weighted by Crippen LogP contribution is 2.46. The Morgan fingerprint density at radius 1 is 1.16 bits per heavy atom. The van der Waals surface area contributed by atoms with E-state index in [1.54, 1.807) is 12.3 Å². The first kappa shape index (κ1) is 26.0. The van der Waals surface area contributed by atoms with Crippen LogP contribution in [0.5, 0.6) is 0 Å². The molecule has 3 fully saturated rings. The Kier molecular flexibility index (Phi) is 7.20. The average molecular weight is 510 g/mol. The molecule has 1 atom stereocenters. The molecule has 0 aromatic carbocycles. The van der Waals surface area contributed by atoms with E-state index < -0.39 is 0 Å². The smallest absolute Gasteiger partial charge is 0.165 e. The molecular formula is C29H44FN7. The molecule has 37 heavy (non-hydrogen) atoms. The van der Waals surface area contributed by atoms with Gasteiger partial charge in [0, 0.05) is 68.6 Å². The van der Waals surface area contributed by atoms with Crippen LogP contribution in [0.15, 0.2) is 24.7 Å². The normalized spacial score (nSPS) is 21.1. The minimum atomic E-state index is -0.203. The molecule has 0 saturated carbocycles. The quantitative estimate of drug-likeness (QED) is 0.471. The topological polar surface area (TPSA) is 64.2 Å². The molecule has 2 aromatic heterocycles. The van der Waals surface area contributed by atoms with Gasteiger partial charge in [0.1, 0.15) is 5.82 Å². The van der Waals surface area contributed by atoms with Crippen LogP contribution in [0, 0.1) is 23.6 Å². The number of likely N-dealkylation sites (tertiary alicyclic amines) is 2. The number of hydrogen-bond acceptors (Lipinski definition) is 6.